The zero-order valence-electron chi connectivity index (χ0n) is 53.8. The van der Waals surface area contributed by atoms with Crippen LogP contribution in [0, 0.1) is 0 Å². The maximum Gasteiger partial charge on any atom is 0.358 e. The van der Waals surface area contributed by atoms with Crippen LogP contribution in [0.2, 0.25) is 0 Å². The molecule has 0 saturated carbocycles. The number of carbonyl (C=O) groups excluding carboxylic acids is 7. The third kappa shape index (κ3) is 13.9. The third-order valence-corrected chi connectivity index (χ3v) is 21.1. The SMILES string of the molecule is CO/C(C)=C1/NC(=O)C(C(C)O)NC(=O)c2csc(n2)-c2cc(O)c(-c3nc(C(=O)NCCN(C)C)cs3)nc2-c2csc(n2)C2COC(=O)c3c4c5c(cccc5n3O)COC(=O)C(OC3CC(C)(O)C(N(C)C)C(C)O3)C(OC4)C(NC(=O)c3csc1n3)c1nc(cs1)C(=O)N2. The van der Waals surface area contributed by atoms with Crippen LogP contribution in [0.4, 0.5) is 0 Å². The Hall–Kier alpha value is -8.79. The molecule has 7 aromatic heterocycles. The normalized spacial score (nSPS) is 24.2. The highest BCUT2D eigenvalue weighted by Crippen LogP contribution is 2.43. The van der Waals surface area contributed by atoms with Crippen molar-refractivity contribution in [1.29, 1.82) is 0 Å². The number of allylic oxidation sites excluding steroid dienone is 1. The van der Waals surface area contributed by atoms with Gasteiger partial charge in [-0.25, -0.2) is 39.5 Å². The Kier molecular flexibility index (Phi) is 19.9. The summed E-state index contributed by atoms with van der Waals surface area (Å²) >= 11 is 4.72. The van der Waals surface area contributed by atoms with E-state index in [0.29, 0.717) is 23.4 Å². The highest BCUT2D eigenvalue weighted by Gasteiger charge is 2.50. The highest BCUT2D eigenvalue weighted by atomic mass is 32.1. The van der Waals surface area contributed by atoms with E-state index in [1.165, 1.54) is 54.6 Å². The Morgan fingerprint density at radius 3 is 2.23 bits per heavy atom. The van der Waals surface area contributed by atoms with Gasteiger partial charge in [-0.15, -0.1) is 56.7 Å². The van der Waals surface area contributed by atoms with Crippen LogP contribution >= 0.6 is 56.7 Å². The van der Waals surface area contributed by atoms with Crippen molar-refractivity contribution in [2.24, 2.45) is 0 Å². The smallest absolute Gasteiger partial charge is 0.358 e. The lowest BCUT2D eigenvalue weighted by atomic mass is 9.85. The zero-order chi connectivity index (χ0) is 69.8. The van der Waals surface area contributed by atoms with Gasteiger partial charge < -0.3 is 85.3 Å². The van der Waals surface area contributed by atoms with Gasteiger partial charge >= 0.3 is 11.9 Å². The standard InChI is InChI=1S/C62H66N14O17S5/c1-25(77)41-54(83)72-42(26(2)88-9)57-68-36(24-96-57)53(82)73-45-47-48(93-39-16-62(4,86)49(75(7)8)27(3)92-39)61(85)90-17-28-11-10-12-37-40(28)30(18-89-47)46(76(37)87)60(84)91-19-31(64-51(80)34-23-98-59(45)69-34)56-65-32(20-95-56)43-29(55-66-35(22-94-55)52(81)71-41)15-38(78)44(70-43)58-67-33(21-97-58)50(79)63-13-14-74(5)6/h10-12,15,20-25,27,31,39,41,45,47-49,77-78,86-87H,13-14,16-19H2,1-9H3,(H,63,79)(H,64,80)(H,71,81)(H,72,83)(H,73,82)/b42-26+. The van der Waals surface area contributed by atoms with Crippen LogP contribution in [0.5, 0.6) is 5.75 Å². The molecule has 31 nitrogen and oxygen atoms in total. The van der Waals surface area contributed by atoms with E-state index in [9.17, 15) is 39.7 Å². The maximum atomic E-state index is 15.2. The van der Waals surface area contributed by atoms with Crippen molar-refractivity contribution in [2.75, 3.05) is 55.0 Å². The zero-order valence-corrected chi connectivity index (χ0v) is 57.9. The monoisotopic (exact) mass is 1440 g/mol. The number of pyridine rings is 1. The molecule has 8 aromatic rings. The molecule has 0 aliphatic carbocycles. The summed E-state index contributed by atoms with van der Waals surface area (Å²) in [4.78, 5) is 134. The Labute approximate surface area is 577 Å². The second-order valence-electron chi connectivity index (χ2n) is 24.1. The molecule has 12 bridgehead atoms. The average Bonchev–Trinajstić information content (AvgIpc) is 1.69. The quantitative estimate of drug-likeness (QED) is 0.0518. The van der Waals surface area contributed by atoms with Crippen LogP contribution < -0.4 is 26.6 Å². The topological polar surface area (TPSA) is 405 Å². The largest absolute Gasteiger partial charge is 0.506 e. The molecular weight excluding hydrogens is 1370 g/mol. The molecule has 4 aliphatic heterocycles. The number of aliphatic hydroxyl groups is 2. The summed E-state index contributed by atoms with van der Waals surface area (Å²) < 4.78 is 38.3. The van der Waals surface area contributed by atoms with Gasteiger partial charge in [0.2, 0.25) is 5.91 Å². The molecule has 9 N–H and O–H groups in total. The number of aromatic nitrogens is 7. The van der Waals surface area contributed by atoms with Gasteiger partial charge in [-0.1, -0.05) is 12.1 Å². The number of amides is 5. The first-order valence-electron chi connectivity index (χ1n) is 30.4. The first kappa shape index (κ1) is 69.1. The number of nitrogens with one attached hydrogen (secondary N) is 5. The fourth-order valence-electron chi connectivity index (χ4n) is 12.0. The minimum atomic E-state index is -1.90. The van der Waals surface area contributed by atoms with Crippen molar-refractivity contribution in [3.05, 3.63) is 112 Å². The predicted molar refractivity (Wildman–Crippen MR) is 355 cm³/mol. The van der Waals surface area contributed by atoms with E-state index in [0.717, 1.165) is 56.7 Å². The summed E-state index contributed by atoms with van der Waals surface area (Å²) in [5.74, 6) is -6.64. The fraction of sp³-hybridized carbons (Fsp3) is 0.403. The molecule has 98 heavy (non-hydrogen) atoms. The molecule has 516 valence electrons. The number of hydrogen-bond donors (Lipinski definition) is 9. The van der Waals surface area contributed by atoms with Gasteiger partial charge in [-0.3, -0.25) is 24.0 Å². The minimum absolute atomic E-state index is 0.00197. The number of thiazole rings is 5. The molecule has 4 aliphatic rings. The van der Waals surface area contributed by atoms with Crippen LogP contribution in [0.15, 0.2) is 56.9 Å². The maximum absolute atomic E-state index is 15.2. The fourth-order valence-corrected chi connectivity index (χ4v) is 16.1. The number of aromatic hydroxyl groups is 1. The van der Waals surface area contributed by atoms with Crippen molar-refractivity contribution >= 4 is 115 Å². The minimum Gasteiger partial charge on any atom is -0.506 e. The second kappa shape index (κ2) is 28.2. The van der Waals surface area contributed by atoms with Crippen molar-refractivity contribution in [3.63, 3.8) is 0 Å². The number of benzene rings is 1. The van der Waals surface area contributed by atoms with E-state index in [-0.39, 0.29) is 105 Å². The molecule has 36 heteroatoms. The van der Waals surface area contributed by atoms with Gasteiger partial charge in [0.05, 0.1) is 43.1 Å². The van der Waals surface area contributed by atoms with Crippen LogP contribution in [-0.4, -0.2) is 210 Å². The summed E-state index contributed by atoms with van der Waals surface area (Å²) in [5.41, 5.74) is -2.11. The van der Waals surface area contributed by atoms with E-state index in [1.807, 2.05) is 19.0 Å². The molecule has 0 radical (unpaired) electrons. The van der Waals surface area contributed by atoms with E-state index in [2.05, 4.69) is 41.5 Å². The average molecular weight is 1440 g/mol. The molecule has 1 aromatic carbocycles. The predicted octanol–water partition coefficient (Wildman–Crippen LogP) is 4.45. The molecule has 1 saturated heterocycles. The summed E-state index contributed by atoms with van der Waals surface area (Å²) in [5, 5.41) is 68.7. The first-order chi connectivity index (χ1) is 46.8. The summed E-state index contributed by atoms with van der Waals surface area (Å²) in [6.07, 6.45) is -7.46. The molecule has 10 atom stereocenters. The molecule has 1 fully saturated rings. The van der Waals surface area contributed by atoms with Crippen LogP contribution in [0.25, 0.3) is 49.3 Å². The van der Waals surface area contributed by atoms with Crippen LogP contribution in [0.3, 0.4) is 0 Å². The van der Waals surface area contributed by atoms with Crippen LogP contribution in [-0.2, 0) is 51.2 Å². The van der Waals surface area contributed by atoms with Crippen molar-refractivity contribution in [2.45, 2.75) is 108 Å². The number of aliphatic hydroxyl groups excluding tert-OH is 1. The number of fused-ring (bicyclic) bond motifs is 15. The van der Waals surface area contributed by atoms with Gasteiger partial charge in [0.1, 0.15) is 120 Å². The lowest BCUT2D eigenvalue weighted by molar-refractivity contribution is -0.280. The van der Waals surface area contributed by atoms with Gasteiger partial charge in [0.15, 0.2) is 18.1 Å². The van der Waals surface area contributed by atoms with Gasteiger partial charge in [-0.05, 0) is 73.6 Å². The molecule has 11 heterocycles. The molecular formula is C62H66N14O17S5. The number of ether oxygens (including phenoxy) is 6. The summed E-state index contributed by atoms with van der Waals surface area (Å²) in [6.45, 7) is 5.23. The number of cyclic esters (lactones) is 2. The Morgan fingerprint density at radius 2 is 1.51 bits per heavy atom. The molecule has 5 amide bonds. The van der Waals surface area contributed by atoms with E-state index >= 15 is 14.4 Å². The number of methoxy groups -OCH3 is 1. The Bertz CT molecular complexity index is 4480. The van der Waals surface area contributed by atoms with Crippen molar-refractivity contribution in [1.82, 2.24) is 71.0 Å². The van der Waals surface area contributed by atoms with Gasteiger partial charge in [-0.2, -0.15) is 4.73 Å². The summed E-state index contributed by atoms with van der Waals surface area (Å²) in [7, 11) is 8.58. The van der Waals surface area contributed by atoms with Gasteiger partial charge in [0.25, 0.3) is 23.6 Å². The third-order valence-electron chi connectivity index (χ3n) is 16.6. The van der Waals surface area contributed by atoms with E-state index in [4.69, 9.17) is 43.4 Å². The van der Waals surface area contributed by atoms with Crippen molar-refractivity contribution < 1.29 is 82.5 Å². The molecule has 0 spiro atoms. The Morgan fingerprint density at radius 1 is 0.837 bits per heavy atom. The number of nitrogens with zero attached hydrogens (tertiary/aromatic N) is 9. The number of hydrogen-bond acceptors (Lipinski definition) is 30. The lowest BCUT2D eigenvalue weighted by Crippen LogP contribution is -2.62. The Balaban J connectivity index is 1.04. The first-order valence-corrected chi connectivity index (χ1v) is 34.8. The van der Waals surface area contributed by atoms with Crippen molar-refractivity contribution in [3.8, 4) is 38.4 Å². The van der Waals surface area contributed by atoms with E-state index < -0.39 is 133 Å². The lowest BCUT2D eigenvalue weighted by Gasteiger charge is -2.48. The molecule has 12 rings (SSSR count). The summed E-state index contributed by atoms with van der Waals surface area (Å²) in [6, 6.07) is 0.846. The molecule has 10 unspecified atom stereocenters. The number of likely N-dealkylation sites (N-methyl/N-ethyl adjacent to an activating group) is 2. The van der Waals surface area contributed by atoms with E-state index in [1.54, 1.807) is 50.4 Å². The number of rotatable bonds is 10. The van der Waals surface area contributed by atoms with Gasteiger partial charge in [0, 0.05) is 62.9 Å². The number of carbonyl (C=O) groups is 7. The number of esters is 2. The highest BCUT2D eigenvalue weighted by molar-refractivity contribution is 7.14. The van der Waals surface area contributed by atoms with Crippen LogP contribution in [0.1, 0.15) is 125 Å². The second-order valence-corrected chi connectivity index (χ2v) is 28.4.